The molecule has 0 saturated carbocycles. The summed E-state index contributed by atoms with van der Waals surface area (Å²) < 4.78 is 63.4. The Bertz CT molecular complexity index is 1710. The zero-order valence-electron chi connectivity index (χ0n) is 20.9. The molecule has 6 N–H and O–H groups in total. The van der Waals surface area contributed by atoms with Crippen LogP contribution in [0.25, 0.3) is 22.3 Å². The van der Waals surface area contributed by atoms with Gasteiger partial charge in [0.2, 0.25) is 5.95 Å². The van der Waals surface area contributed by atoms with Crippen LogP contribution in [0.5, 0.6) is 0 Å². The number of nitrogens with zero attached hydrogens (tertiary/aromatic N) is 8. The lowest BCUT2D eigenvalue weighted by molar-refractivity contribution is -0.0624. The molecule has 2 saturated heterocycles. The Labute approximate surface area is 233 Å². The molecule has 21 heteroatoms. The largest absolute Gasteiger partial charge is 0.386 e. The summed E-state index contributed by atoms with van der Waals surface area (Å²) in [5.41, 5.74) is 10.7. The molecule has 6 rings (SSSR count). The highest BCUT2D eigenvalue weighted by Crippen LogP contribution is 2.57. The van der Waals surface area contributed by atoms with Gasteiger partial charge in [0.25, 0.3) is 5.56 Å². The number of ether oxygens (including phenoxy) is 1. The van der Waals surface area contributed by atoms with Gasteiger partial charge in [0.05, 0.1) is 19.0 Å². The number of anilines is 2. The molecule has 0 bridgehead atoms. The Morgan fingerprint density at radius 3 is 2.80 bits per heavy atom. The van der Waals surface area contributed by atoms with Gasteiger partial charge in [-0.15, -0.1) is 5.10 Å². The maximum atomic E-state index is 15.8. The number of aromatic nitrogens is 9. The first-order chi connectivity index (χ1) is 19.5. The van der Waals surface area contributed by atoms with Crippen LogP contribution in [0, 0.1) is 5.92 Å². The van der Waals surface area contributed by atoms with E-state index in [4.69, 9.17) is 25.3 Å². The number of halogens is 2. The van der Waals surface area contributed by atoms with Crippen LogP contribution in [-0.4, -0.2) is 80.7 Å². The van der Waals surface area contributed by atoms with Crippen LogP contribution in [0.15, 0.2) is 17.4 Å². The molecule has 2 aliphatic rings. The van der Waals surface area contributed by atoms with E-state index in [0.29, 0.717) is 0 Å². The Hall–Kier alpha value is -3.29. The fraction of sp³-hybridized carbons (Fsp3) is 0.550. The number of rotatable bonds is 3. The van der Waals surface area contributed by atoms with E-state index in [9.17, 15) is 14.5 Å². The first-order valence-electron chi connectivity index (χ1n) is 12.3. The van der Waals surface area contributed by atoms with Gasteiger partial charge in [-0.05, 0) is 19.3 Å². The van der Waals surface area contributed by atoms with Crippen molar-refractivity contribution < 1.29 is 32.2 Å². The van der Waals surface area contributed by atoms with Crippen LogP contribution < -0.4 is 17.0 Å². The minimum Gasteiger partial charge on any atom is -0.382 e. The zero-order valence-corrected chi connectivity index (χ0v) is 22.7. The summed E-state index contributed by atoms with van der Waals surface area (Å²) in [5, 5.41) is 18.9. The van der Waals surface area contributed by atoms with Gasteiger partial charge in [0.15, 0.2) is 46.8 Å². The van der Waals surface area contributed by atoms with Crippen LogP contribution in [0.4, 0.5) is 20.5 Å². The summed E-state index contributed by atoms with van der Waals surface area (Å²) in [4.78, 5) is 30.1. The van der Waals surface area contributed by atoms with E-state index in [1.165, 1.54) is 6.33 Å². The van der Waals surface area contributed by atoms with Gasteiger partial charge in [-0.2, -0.15) is 9.67 Å². The average molecular weight is 616 g/mol. The number of aromatic amines is 1. The van der Waals surface area contributed by atoms with E-state index in [2.05, 4.69) is 47.5 Å². The van der Waals surface area contributed by atoms with E-state index in [1.807, 2.05) is 0 Å². The lowest BCUT2D eigenvalue weighted by Gasteiger charge is -2.28. The molecule has 0 amide bonds. The molecule has 4 aromatic rings. The fourth-order valence-corrected chi connectivity index (χ4v) is 6.56. The molecule has 41 heavy (non-hydrogen) atoms. The van der Waals surface area contributed by atoms with Crippen molar-refractivity contribution in [1.29, 1.82) is 0 Å². The predicted octanol–water partition coefficient (Wildman–Crippen LogP) is 0.823. The molecule has 17 nitrogen and oxygen atoms in total. The maximum absolute atomic E-state index is 15.8. The monoisotopic (exact) mass is 615 g/mol. The maximum Gasteiger partial charge on any atom is 0.386 e. The van der Waals surface area contributed by atoms with Gasteiger partial charge < -0.3 is 21.3 Å². The van der Waals surface area contributed by atoms with E-state index in [1.54, 1.807) is 0 Å². The highest BCUT2D eigenvalue weighted by Gasteiger charge is 2.49. The van der Waals surface area contributed by atoms with E-state index < -0.39 is 61.9 Å². The SMILES string of the molecule is Nc1nc2c(ncn2[C@H](O)[C@@H]2OP(=O)(S)OC[C@H]3O[C@@H](n4nnc5c(N)ncnc54)[C@@H](F)[C@@H]3CCCC2F)c(=O)[nH]1. The molecule has 0 aromatic carbocycles. The highest BCUT2D eigenvalue weighted by atomic mass is 32.7. The number of aliphatic hydroxyl groups is 1. The number of nitrogens with one attached hydrogen (secondary N) is 1. The van der Waals surface area contributed by atoms with Gasteiger partial charge in [0.1, 0.15) is 18.6 Å². The normalized spacial score (nSPS) is 32.1. The molecule has 2 aliphatic heterocycles. The fourth-order valence-electron chi connectivity index (χ4n) is 5.09. The second-order valence-electron chi connectivity index (χ2n) is 9.61. The number of imidazole rings is 1. The molecule has 2 unspecified atom stereocenters. The van der Waals surface area contributed by atoms with Crippen molar-refractivity contribution in [3.63, 3.8) is 0 Å². The molecule has 0 radical (unpaired) electrons. The van der Waals surface area contributed by atoms with Gasteiger partial charge in [-0.3, -0.25) is 23.4 Å². The molecule has 6 heterocycles. The molecule has 0 aliphatic carbocycles. The number of hydrogen-bond donors (Lipinski definition) is 5. The zero-order chi connectivity index (χ0) is 29.1. The number of alkyl halides is 2. The lowest BCUT2D eigenvalue weighted by atomic mass is 9.92. The first-order valence-corrected chi connectivity index (χ1v) is 15.0. The van der Waals surface area contributed by atoms with Gasteiger partial charge in [-0.1, -0.05) is 17.5 Å². The molecule has 4 aromatic heterocycles. The van der Waals surface area contributed by atoms with Crippen molar-refractivity contribution >= 4 is 53.1 Å². The van der Waals surface area contributed by atoms with Crippen molar-refractivity contribution in [2.45, 2.75) is 56.3 Å². The van der Waals surface area contributed by atoms with Gasteiger partial charge in [-0.25, -0.2) is 28.3 Å². The second kappa shape index (κ2) is 10.5. The standard InChI is InChI=1S/C20H24F2N11O6PS/c21-8-3-1-2-7-9(38-19(10(7)22)33-15-11(30-31-33)14(23)25-5-26-15)4-37-40(36,41)39-13(8)18(35)32-6-27-12-16(32)28-20(24)29-17(12)34/h5-10,13,18-19,35H,1-4H2,(H,36,41)(H2,23,25,26)(H3,24,28,29,34)/t7-,8?,9-,10+,13-,18-,19-,40?/m1/s1. The van der Waals surface area contributed by atoms with Crippen LogP contribution in [0.2, 0.25) is 0 Å². The topological polar surface area (TPSA) is 237 Å². The van der Waals surface area contributed by atoms with Crippen LogP contribution >= 0.6 is 19.0 Å². The quantitative estimate of drug-likeness (QED) is 0.159. The summed E-state index contributed by atoms with van der Waals surface area (Å²) in [6.07, 6.45) is -7.21. The van der Waals surface area contributed by atoms with Gasteiger partial charge in [0, 0.05) is 5.92 Å². The second-order valence-corrected chi connectivity index (χ2v) is 12.5. The third-order valence-corrected chi connectivity index (χ3v) is 8.68. The summed E-state index contributed by atoms with van der Waals surface area (Å²) in [7, 11) is 0. The van der Waals surface area contributed by atoms with Crippen LogP contribution in [0.3, 0.4) is 0 Å². The average Bonchev–Trinajstić information content (AvgIpc) is 3.62. The number of H-pyrrole nitrogens is 1. The molecular weight excluding hydrogens is 591 g/mol. The highest BCUT2D eigenvalue weighted by molar-refractivity contribution is 8.44. The van der Waals surface area contributed by atoms with Crippen molar-refractivity contribution in [3.8, 4) is 0 Å². The lowest BCUT2D eigenvalue weighted by Crippen LogP contribution is -2.34. The number of thiol groups is 1. The van der Waals surface area contributed by atoms with Crippen LogP contribution in [-0.2, 0) is 18.3 Å². The molecular formula is C20H24F2N11O6PS. The smallest absolute Gasteiger partial charge is 0.382 e. The Morgan fingerprint density at radius 2 is 2.00 bits per heavy atom. The van der Waals surface area contributed by atoms with E-state index in [-0.39, 0.29) is 53.4 Å². The molecule has 220 valence electrons. The molecule has 0 spiro atoms. The Balaban J connectivity index is 1.25. The third kappa shape index (κ3) is 5.04. The van der Waals surface area contributed by atoms with Crippen molar-refractivity contribution in [2.75, 3.05) is 18.1 Å². The van der Waals surface area contributed by atoms with Crippen molar-refractivity contribution in [2.24, 2.45) is 5.92 Å². The summed E-state index contributed by atoms with van der Waals surface area (Å²) in [6, 6.07) is 0. The van der Waals surface area contributed by atoms with E-state index >= 15 is 8.78 Å². The minimum atomic E-state index is -4.37. The van der Waals surface area contributed by atoms with Gasteiger partial charge >= 0.3 is 6.80 Å². The number of nitrogen functional groups attached to an aromatic ring is 2. The minimum absolute atomic E-state index is 0.0573. The molecule has 8 atom stereocenters. The van der Waals surface area contributed by atoms with Crippen LogP contribution in [0.1, 0.15) is 31.7 Å². The summed E-state index contributed by atoms with van der Waals surface area (Å²) >= 11 is 3.95. The van der Waals surface area contributed by atoms with Crippen molar-refractivity contribution in [1.82, 2.24) is 44.5 Å². The third-order valence-electron chi connectivity index (χ3n) is 7.06. The molecule has 2 fully saturated rings. The summed E-state index contributed by atoms with van der Waals surface area (Å²) in [6.45, 7) is -4.81. The first kappa shape index (κ1) is 27.9. The Kier molecular flexibility index (Phi) is 7.15. The Morgan fingerprint density at radius 1 is 1.20 bits per heavy atom. The van der Waals surface area contributed by atoms with Crippen molar-refractivity contribution in [3.05, 3.63) is 23.0 Å². The predicted molar refractivity (Wildman–Crippen MR) is 140 cm³/mol. The van der Waals surface area contributed by atoms with E-state index in [0.717, 1.165) is 15.6 Å². The number of aliphatic hydroxyl groups excluding tert-OH is 1. The number of nitrogens with two attached hydrogens (primary N) is 2. The number of fused-ring (bicyclic) bond motifs is 3. The summed E-state index contributed by atoms with van der Waals surface area (Å²) in [5.74, 6) is -1.03. The number of hydrogen-bond acceptors (Lipinski definition) is 14.